The van der Waals surface area contributed by atoms with Crippen LogP contribution >= 0.6 is 0 Å². The Labute approximate surface area is 180 Å². The molecule has 2 atom stereocenters. The molecule has 0 aliphatic carbocycles. The Kier molecular flexibility index (Phi) is 8.36. The molecular formula is C13H13F14NO5S. The van der Waals surface area contributed by atoms with Gasteiger partial charge in [-0.2, -0.15) is 65.5 Å². The van der Waals surface area contributed by atoms with Crippen molar-refractivity contribution in [2.45, 2.75) is 67.3 Å². The van der Waals surface area contributed by atoms with Crippen LogP contribution in [-0.4, -0.2) is 82.4 Å². The molecule has 0 bridgehead atoms. The van der Waals surface area contributed by atoms with Gasteiger partial charge in [0.15, 0.2) is 0 Å². The molecule has 34 heavy (non-hydrogen) atoms. The third kappa shape index (κ3) is 4.26. The maximum absolute atomic E-state index is 14.8. The Hall–Kier alpha value is -1.64. The third-order valence-electron chi connectivity index (χ3n) is 4.14. The summed E-state index contributed by atoms with van der Waals surface area (Å²) >= 11 is 0. The fourth-order valence-corrected chi connectivity index (χ4v) is 3.05. The van der Waals surface area contributed by atoms with Crippen LogP contribution in [-0.2, 0) is 14.9 Å². The predicted octanol–water partition coefficient (Wildman–Crippen LogP) is 3.86. The minimum Gasteiger partial charge on any atom is -0.374 e. The first-order valence-electron chi connectivity index (χ1n) is 8.16. The van der Waals surface area contributed by atoms with Gasteiger partial charge in [-0.25, -0.2) is 4.39 Å². The second-order valence-electron chi connectivity index (χ2n) is 6.57. The van der Waals surface area contributed by atoms with E-state index in [0.717, 1.165) is 6.92 Å². The molecular weight excluding hydrogens is 548 g/mol. The number of carbonyl (C=O) groups excluding carboxylic acids is 1. The second-order valence-corrected chi connectivity index (χ2v) is 8.08. The van der Waals surface area contributed by atoms with Gasteiger partial charge in [0.25, 0.3) is 5.91 Å². The first-order chi connectivity index (χ1) is 14.6. The van der Waals surface area contributed by atoms with Crippen LogP contribution < -0.4 is 0 Å². The largest absolute Gasteiger partial charge is 0.460 e. The molecule has 0 radical (unpaired) electrons. The Morgan fingerprint density at radius 1 is 0.765 bits per heavy atom. The number of amides is 1. The van der Waals surface area contributed by atoms with E-state index in [1.165, 1.54) is 0 Å². The van der Waals surface area contributed by atoms with Crippen LogP contribution in [0.15, 0.2) is 0 Å². The lowest BCUT2D eigenvalue weighted by molar-refractivity contribution is -0.443. The van der Waals surface area contributed by atoms with E-state index >= 15 is 0 Å². The maximum Gasteiger partial charge on any atom is 0.460 e. The van der Waals surface area contributed by atoms with Crippen LogP contribution in [0.4, 0.5) is 61.5 Å². The molecule has 0 aromatic carbocycles. The average molecular weight is 561 g/mol. The summed E-state index contributed by atoms with van der Waals surface area (Å²) < 4.78 is 218. The molecule has 1 amide bonds. The van der Waals surface area contributed by atoms with Gasteiger partial charge in [0.1, 0.15) is 6.23 Å². The van der Waals surface area contributed by atoms with E-state index in [2.05, 4.69) is 0 Å². The van der Waals surface area contributed by atoms with Gasteiger partial charge in [-0.1, -0.05) is 6.92 Å². The molecule has 0 aromatic rings. The van der Waals surface area contributed by atoms with Gasteiger partial charge >= 0.3 is 50.9 Å². The lowest BCUT2D eigenvalue weighted by Crippen LogP contribution is -2.76. The Morgan fingerprint density at radius 3 is 1.35 bits per heavy atom. The van der Waals surface area contributed by atoms with Gasteiger partial charge in [-0.15, -0.1) is 0 Å². The molecule has 0 spiro atoms. The zero-order valence-electron chi connectivity index (χ0n) is 16.3. The van der Waals surface area contributed by atoms with Gasteiger partial charge in [0.05, 0.1) is 0 Å². The highest BCUT2D eigenvalue weighted by Gasteiger charge is 2.95. The highest BCUT2D eigenvalue weighted by atomic mass is 32.2. The summed E-state index contributed by atoms with van der Waals surface area (Å²) in [4.78, 5) is 11.2. The van der Waals surface area contributed by atoms with Crippen molar-refractivity contribution in [1.29, 1.82) is 0 Å². The molecule has 0 saturated carbocycles. The van der Waals surface area contributed by atoms with Gasteiger partial charge in [0.2, 0.25) is 0 Å². The first-order valence-corrected chi connectivity index (χ1v) is 9.60. The number of nitrogens with zero attached hydrogens (tertiary/aromatic N) is 1. The summed E-state index contributed by atoms with van der Waals surface area (Å²) in [5, 5.41) is 2.13. The lowest BCUT2D eigenvalue weighted by Gasteiger charge is -2.43. The molecule has 204 valence electrons. The molecule has 0 aliphatic heterocycles. The Balaban J connectivity index is 7.30. The van der Waals surface area contributed by atoms with Gasteiger partial charge < -0.3 is 10.0 Å². The Bertz CT molecular complexity index is 872. The number of halogens is 14. The maximum atomic E-state index is 14.8. The standard InChI is InChI=1S/C13H13F14NO5S/c1-3-4-28(5(2)29)6(30)7(14,34(31,32)33)8(15,16)9(17,18)10(19,20)11(21,22)12(23,24)13(25,26)27/h5,29H,3-4H2,1-2H3,(H,31,32,33). The number of aliphatic hydroxyl groups is 1. The molecule has 0 saturated heterocycles. The van der Waals surface area contributed by atoms with Crippen LogP contribution in [0.1, 0.15) is 20.3 Å². The fourth-order valence-electron chi connectivity index (χ4n) is 2.26. The highest BCUT2D eigenvalue weighted by molar-refractivity contribution is 7.88. The molecule has 2 N–H and O–H groups in total. The van der Waals surface area contributed by atoms with Crippen LogP contribution in [0.3, 0.4) is 0 Å². The van der Waals surface area contributed by atoms with E-state index in [1.807, 2.05) is 0 Å². The van der Waals surface area contributed by atoms with Crippen LogP contribution in [0.25, 0.3) is 0 Å². The predicted molar refractivity (Wildman–Crippen MR) is 79.9 cm³/mol. The van der Waals surface area contributed by atoms with Crippen molar-refractivity contribution in [2.24, 2.45) is 0 Å². The summed E-state index contributed by atoms with van der Waals surface area (Å²) in [6.45, 7) is 0.0929. The molecule has 0 fully saturated rings. The number of carbonyl (C=O) groups is 1. The Morgan fingerprint density at radius 2 is 1.09 bits per heavy atom. The SMILES string of the molecule is CCCN(C(=O)C(F)(C(F)(F)C(F)(F)C(F)(F)C(F)(F)C(F)(F)C(F)(F)F)S(=O)(=O)O)C(C)O. The van der Waals surface area contributed by atoms with Gasteiger partial charge in [-0.05, 0) is 13.3 Å². The number of hydrogen-bond acceptors (Lipinski definition) is 4. The minimum atomic E-state index is -8.63. The van der Waals surface area contributed by atoms with Crippen LogP contribution in [0.5, 0.6) is 0 Å². The molecule has 0 heterocycles. The smallest absolute Gasteiger partial charge is 0.374 e. The van der Waals surface area contributed by atoms with Gasteiger partial charge in [-0.3, -0.25) is 9.35 Å². The average Bonchev–Trinajstić information content (AvgIpc) is 2.61. The van der Waals surface area contributed by atoms with Crippen LogP contribution in [0, 0.1) is 0 Å². The monoisotopic (exact) mass is 561 g/mol. The second kappa shape index (κ2) is 8.79. The van der Waals surface area contributed by atoms with Crippen molar-refractivity contribution >= 4 is 16.0 Å². The van der Waals surface area contributed by atoms with Gasteiger partial charge in [0, 0.05) is 6.54 Å². The van der Waals surface area contributed by atoms with Crippen molar-refractivity contribution < 1.29 is 84.3 Å². The minimum absolute atomic E-state index is 0.348. The summed E-state index contributed by atoms with van der Waals surface area (Å²) in [5.41, 5.74) is 0. The molecule has 2 unspecified atom stereocenters. The summed E-state index contributed by atoms with van der Waals surface area (Å²) in [5.74, 6) is -45.7. The number of aliphatic hydroxyl groups excluding tert-OH is 1. The molecule has 6 nitrogen and oxygen atoms in total. The summed E-state index contributed by atoms with van der Waals surface area (Å²) in [6, 6.07) is 0. The van der Waals surface area contributed by atoms with Crippen molar-refractivity contribution in [3.63, 3.8) is 0 Å². The van der Waals surface area contributed by atoms with E-state index in [4.69, 9.17) is 4.55 Å². The zero-order chi connectivity index (χ0) is 28.1. The molecule has 0 aliphatic rings. The van der Waals surface area contributed by atoms with Crippen LogP contribution in [0.2, 0.25) is 0 Å². The van der Waals surface area contributed by atoms with E-state index in [1.54, 1.807) is 0 Å². The molecule has 0 aromatic heterocycles. The van der Waals surface area contributed by atoms with E-state index in [-0.39, 0.29) is 0 Å². The first kappa shape index (κ1) is 32.4. The van der Waals surface area contributed by atoms with Crippen molar-refractivity contribution in [2.75, 3.05) is 6.54 Å². The quantitative estimate of drug-likeness (QED) is 0.240. The van der Waals surface area contributed by atoms with E-state index in [9.17, 15) is 79.8 Å². The lowest BCUT2D eigenvalue weighted by atomic mass is 9.91. The number of rotatable bonds is 10. The van der Waals surface area contributed by atoms with E-state index < -0.39 is 80.9 Å². The highest BCUT2D eigenvalue weighted by Crippen LogP contribution is 2.62. The topological polar surface area (TPSA) is 94.9 Å². The van der Waals surface area contributed by atoms with Crippen molar-refractivity contribution in [3.8, 4) is 0 Å². The van der Waals surface area contributed by atoms with Crippen molar-refractivity contribution in [1.82, 2.24) is 4.90 Å². The van der Waals surface area contributed by atoms with E-state index in [0.29, 0.717) is 6.92 Å². The fraction of sp³-hybridized carbons (Fsp3) is 0.923. The molecule has 21 heteroatoms. The third-order valence-corrected chi connectivity index (χ3v) is 5.29. The summed E-state index contributed by atoms with van der Waals surface area (Å²) in [6.07, 6.45) is -10.9. The van der Waals surface area contributed by atoms with Crippen molar-refractivity contribution in [3.05, 3.63) is 0 Å². The summed E-state index contributed by atoms with van der Waals surface area (Å²) in [7, 11) is -7.76. The number of alkyl halides is 14. The zero-order valence-corrected chi connectivity index (χ0v) is 17.1. The molecule has 0 rings (SSSR count). The number of hydrogen-bond donors (Lipinski definition) is 2. The normalized spacial score (nSPS) is 17.8.